The Bertz CT molecular complexity index is 1600. The molecule has 224 valence electrons. The van der Waals surface area contributed by atoms with Crippen LogP contribution in [0, 0.1) is 5.92 Å². The second-order valence-electron chi connectivity index (χ2n) is 11.8. The lowest BCUT2D eigenvalue weighted by Crippen LogP contribution is -2.44. The Morgan fingerprint density at radius 3 is 2.70 bits per heavy atom. The number of piperazine rings is 1. The second kappa shape index (κ2) is 10.6. The highest BCUT2D eigenvalue weighted by molar-refractivity contribution is 5.97. The van der Waals surface area contributed by atoms with Crippen molar-refractivity contribution >= 4 is 17.5 Å². The number of ketones is 1. The number of fused-ring (bicyclic) bond motifs is 4. The van der Waals surface area contributed by atoms with Crippen molar-refractivity contribution in [2.24, 2.45) is 5.92 Å². The van der Waals surface area contributed by atoms with E-state index in [1.807, 2.05) is 24.1 Å². The molecule has 7 rings (SSSR count). The molecule has 0 radical (unpaired) electrons. The number of amides is 1. The molecular formula is C32H31F3N4O4. The van der Waals surface area contributed by atoms with Gasteiger partial charge in [0.2, 0.25) is 5.91 Å². The maximum Gasteiger partial charge on any atom is 0.416 e. The zero-order valence-corrected chi connectivity index (χ0v) is 23.6. The number of nitrogens with zero attached hydrogens (tertiary/aromatic N) is 3. The number of anilines is 1. The number of Topliss-reactive ketones (excluding diaryl/α,β-unsaturated/α-hetero) is 1. The Labute approximate surface area is 246 Å². The third kappa shape index (κ3) is 5.47. The number of rotatable bonds is 7. The SMILES string of the molecule is CN1CCN(Cc2ccc(C(=O)C[C@@H]3[C@H]4Oc5ccc(Oc6ccnc7c6CCC(=O)N7)cc5[C@@H]34)cc2C(F)(F)F)CC1. The molecule has 0 spiro atoms. The lowest BCUT2D eigenvalue weighted by Gasteiger charge is -2.33. The first-order valence-electron chi connectivity index (χ1n) is 14.5. The van der Waals surface area contributed by atoms with E-state index in [9.17, 15) is 22.8 Å². The number of carbonyl (C=O) groups is 2. The number of ether oxygens (including phenoxy) is 2. The van der Waals surface area contributed by atoms with Crippen LogP contribution in [0.1, 0.15) is 51.4 Å². The zero-order chi connectivity index (χ0) is 29.9. The van der Waals surface area contributed by atoms with Gasteiger partial charge in [-0.2, -0.15) is 13.2 Å². The molecule has 0 bridgehead atoms. The smallest absolute Gasteiger partial charge is 0.416 e. The summed E-state index contributed by atoms with van der Waals surface area (Å²) in [6, 6.07) is 11.3. The van der Waals surface area contributed by atoms with Crippen LogP contribution in [0.3, 0.4) is 0 Å². The third-order valence-corrected chi connectivity index (χ3v) is 8.95. The molecule has 1 aromatic heterocycles. The van der Waals surface area contributed by atoms with Crippen molar-refractivity contribution in [3.05, 3.63) is 76.5 Å². The first kappa shape index (κ1) is 27.8. The lowest BCUT2D eigenvalue weighted by molar-refractivity contribution is -0.138. The van der Waals surface area contributed by atoms with Gasteiger partial charge >= 0.3 is 6.18 Å². The van der Waals surface area contributed by atoms with Crippen LogP contribution in [0.4, 0.5) is 19.0 Å². The van der Waals surface area contributed by atoms with Crippen LogP contribution >= 0.6 is 0 Å². The molecule has 2 fully saturated rings. The van der Waals surface area contributed by atoms with Gasteiger partial charge in [0.1, 0.15) is 29.2 Å². The quantitative estimate of drug-likeness (QED) is 0.374. The van der Waals surface area contributed by atoms with E-state index in [1.54, 1.807) is 18.3 Å². The van der Waals surface area contributed by atoms with Crippen molar-refractivity contribution in [3.8, 4) is 17.2 Å². The molecule has 11 heteroatoms. The minimum atomic E-state index is -4.55. The Hall–Kier alpha value is -3.96. The molecule has 8 nitrogen and oxygen atoms in total. The van der Waals surface area contributed by atoms with Crippen LogP contribution in [0.5, 0.6) is 17.2 Å². The van der Waals surface area contributed by atoms with Crippen LogP contribution < -0.4 is 14.8 Å². The molecule has 4 aliphatic rings. The normalized spacial score (nSPS) is 23.1. The summed E-state index contributed by atoms with van der Waals surface area (Å²) in [6.07, 6.45) is -2.16. The van der Waals surface area contributed by atoms with Crippen molar-refractivity contribution < 1.29 is 32.2 Å². The summed E-state index contributed by atoms with van der Waals surface area (Å²) < 4.78 is 54.4. The average Bonchev–Trinajstić information content (AvgIpc) is 3.49. The number of benzene rings is 2. The maximum atomic E-state index is 14.0. The number of halogens is 3. The van der Waals surface area contributed by atoms with Gasteiger partial charge in [0.05, 0.1) is 5.56 Å². The van der Waals surface area contributed by atoms with Crippen molar-refractivity contribution in [3.63, 3.8) is 0 Å². The fourth-order valence-corrected chi connectivity index (χ4v) is 6.47. The standard InChI is InChI=1S/C32H31F3N4O4/c1-38-10-12-39(13-11-38)17-19-3-2-18(14-24(19)32(33,34)35)25(40)16-23-29-22-15-20(4-6-26(22)43-30(23)29)42-27-8-9-36-31-21(27)5-7-28(41)37-31/h2-4,6,8-9,14-15,23,29-30H,5,7,10-13,16-17H2,1H3,(H,36,37,41)/t23-,29-,30+/m0/s1. The average molecular weight is 593 g/mol. The van der Waals surface area contributed by atoms with Crippen molar-refractivity contribution in [2.45, 2.75) is 44.0 Å². The highest BCUT2D eigenvalue weighted by Crippen LogP contribution is 2.60. The van der Waals surface area contributed by atoms with Gasteiger partial charge in [-0.1, -0.05) is 12.1 Å². The summed E-state index contributed by atoms with van der Waals surface area (Å²) in [5.41, 5.74) is 1.29. The van der Waals surface area contributed by atoms with Gasteiger partial charge in [0.25, 0.3) is 0 Å². The van der Waals surface area contributed by atoms with E-state index in [1.165, 1.54) is 12.1 Å². The molecule has 3 aliphatic heterocycles. The van der Waals surface area contributed by atoms with Crippen molar-refractivity contribution in [1.82, 2.24) is 14.8 Å². The van der Waals surface area contributed by atoms with Gasteiger partial charge in [0.15, 0.2) is 5.78 Å². The summed E-state index contributed by atoms with van der Waals surface area (Å²) in [5, 5.41) is 2.77. The minimum absolute atomic E-state index is 0.0215. The van der Waals surface area contributed by atoms with Gasteiger partial charge < -0.3 is 19.7 Å². The number of pyridine rings is 1. The molecule has 43 heavy (non-hydrogen) atoms. The van der Waals surface area contributed by atoms with E-state index < -0.39 is 11.7 Å². The van der Waals surface area contributed by atoms with Gasteiger partial charge in [-0.05, 0) is 49.4 Å². The second-order valence-corrected chi connectivity index (χ2v) is 11.8. The molecule has 1 N–H and O–H groups in total. The number of likely N-dealkylation sites (N-methyl/N-ethyl adjacent to an activating group) is 1. The summed E-state index contributed by atoms with van der Waals surface area (Å²) in [4.78, 5) is 33.4. The maximum absolute atomic E-state index is 14.0. The van der Waals surface area contributed by atoms with Crippen LogP contribution in [-0.2, 0) is 23.9 Å². The number of alkyl halides is 3. The van der Waals surface area contributed by atoms with Gasteiger partial charge in [0, 0.05) is 80.3 Å². The van der Waals surface area contributed by atoms with Crippen molar-refractivity contribution in [1.29, 1.82) is 0 Å². The van der Waals surface area contributed by atoms with E-state index in [4.69, 9.17) is 9.47 Å². The molecule has 1 amide bonds. The molecule has 1 saturated heterocycles. The molecular weight excluding hydrogens is 561 g/mol. The Balaban J connectivity index is 1.04. The largest absolute Gasteiger partial charge is 0.489 e. The number of carbonyl (C=O) groups excluding carboxylic acids is 2. The van der Waals surface area contributed by atoms with Crippen LogP contribution in [0.2, 0.25) is 0 Å². The predicted octanol–water partition coefficient (Wildman–Crippen LogP) is 5.27. The monoisotopic (exact) mass is 592 g/mol. The van der Waals surface area contributed by atoms with Crippen LogP contribution in [-0.4, -0.2) is 65.8 Å². The number of hydrogen-bond acceptors (Lipinski definition) is 7. The number of aromatic nitrogens is 1. The molecule has 1 aliphatic carbocycles. The molecule has 3 atom stereocenters. The first-order valence-corrected chi connectivity index (χ1v) is 14.5. The summed E-state index contributed by atoms with van der Waals surface area (Å²) >= 11 is 0. The van der Waals surface area contributed by atoms with E-state index >= 15 is 0 Å². The van der Waals surface area contributed by atoms with Gasteiger partial charge in [-0.15, -0.1) is 0 Å². The predicted molar refractivity (Wildman–Crippen MR) is 152 cm³/mol. The first-order chi connectivity index (χ1) is 20.6. The minimum Gasteiger partial charge on any atom is -0.489 e. The van der Waals surface area contributed by atoms with Crippen LogP contribution in [0.25, 0.3) is 0 Å². The Morgan fingerprint density at radius 2 is 1.91 bits per heavy atom. The zero-order valence-electron chi connectivity index (χ0n) is 23.6. The molecule has 3 aromatic rings. The molecule has 4 heterocycles. The highest BCUT2D eigenvalue weighted by atomic mass is 19.4. The molecule has 2 aromatic carbocycles. The fourth-order valence-electron chi connectivity index (χ4n) is 6.47. The lowest BCUT2D eigenvalue weighted by atomic mass is 9.97. The summed E-state index contributed by atoms with van der Waals surface area (Å²) in [6.45, 7) is 3.24. The molecule has 0 unspecified atom stereocenters. The Morgan fingerprint density at radius 1 is 1.09 bits per heavy atom. The fraction of sp³-hybridized carbons (Fsp3) is 0.406. The van der Waals surface area contributed by atoms with E-state index in [-0.39, 0.29) is 53.7 Å². The highest BCUT2D eigenvalue weighted by Gasteiger charge is 2.59. The number of hydrogen-bond donors (Lipinski definition) is 1. The topological polar surface area (TPSA) is 84.0 Å². The summed E-state index contributed by atoms with van der Waals surface area (Å²) in [5.74, 6) is 1.89. The molecule has 1 saturated carbocycles. The van der Waals surface area contributed by atoms with E-state index in [2.05, 4.69) is 15.2 Å². The van der Waals surface area contributed by atoms with E-state index in [0.717, 1.165) is 36.0 Å². The van der Waals surface area contributed by atoms with Gasteiger partial charge in [-0.25, -0.2) is 4.98 Å². The third-order valence-electron chi connectivity index (χ3n) is 8.95. The summed E-state index contributed by atoms with van der Waals surface area (Å²) in [7, 11) is 2.00. The van der Waals surface area contributed by atoms with Crippen molar-refractivity contribution in [2.75, 3.05) is 38.5 Å². The number of nitrogens with one attached hydrogen (secondary N) is 1. The van der Waals surface area contributed by atoms with E-state index in [0.29, 0.717) is 43.2 Å². The Kier molecular flexibility index (Phi) is 6.89. The van der Waals surface area contributed by atoms with Crippen LogP contribution in [0.15, 0.2) is 48.7 Å². The van der Waals surface area contributed by atoms with Gasteiger partial charge in [-0.3, -0.25) is 14.5 Å².